The van der Waals surface area contributed by atoms with Crippen molar-refractivity contribution in [1.82, 2.24) is 4.90 Å². The van der Waals surface area contributed by atoms with Crippen LogP contribution in [0.1, 0.15) is 12.8 Å². The number of aliphatic hydroxyl groups is 1. The molecule has 76 valence electrons. The number of nitrogens with zero attached hydrogens (tertiary/aromatic N) is 1. The number of carbonyl (C=O) groups is 1. The molecule has 0 spiro atoms. The van der Waals surface area contributed by atoms with E-state index in [2.05, 4.69) is 0 Å². The molecule has 0 aromatic heterocycles. The van der Waals surface area contributed by atoms with Gasteiger partial charge >= 0.3 is 6.18 Å². The average molecular weight is 197 g/mol. The minimum Gasteiger partial charge on any atom is -0.387 e. The van der Waals surface area contributed by atoms with Crippen LogP contribution in [0.25, 0.3) is 0 Å². The molecule has 0 bridgehead atoms. The number of rotatable bonds is 1. The highest BCUT2D eigenvalue weighted by molar-refractivity contribution is 5.77. The van der Waals surface area contributed by atoms with E-state index in [0.29, 0.717) is 11.3 Å². The zero-order valence-corrected chi connectivity index (χ0v) is 6.84. The summed E-state index contributed by atoms with van der Waals surface area (Å²) >= 11 is 0. The highest BCUT2D eigenvalue weighted by Crippen LogP contribution is 2.32. The second-order valence-corrected chi connectivity index (χ2v) is 2.94. The van der Waals surface area contributed by atoms with Gasteiger partial charge in [0.15, 0.2) is 0 Å². The van der Waals surface area contributed by atoms with Gasteiger partial charge in [0.2, 0.25) is 5.91 Å². The normalized spacial score (nSPS) is 23.7. The summed E-state index contributed by atoms with van der Waals surface area (Å²) in [6.45, 7) is -0.768. The van der Waals surface area contributed by atoms with Gasteiger partial charge in [-0.2, -0.15) is 13.2 Å². The van der Waals surface area contributed by atoms with E-state index in [0.717, 1.165) is 0 Å². The molecule has 1 saturated heterocycles. The summed E-state index contributed by atoms with van der Waals surface area (Å²) in [4.78, 5) is 11.5. The van der Waals surface area contributed by atoms with Crippen molar-refractivity contribution in [3.8, 4) is 0 Å². The molecule has 1 amide bonds. The number of halogens is 3. The Bertz CT molecular complexity index is 204. The van der Waals surface area contributed by atoms with Crippen LogP contribution in [0, 0.1) is 0 Å². The molecule has 1 aliphatic heterocycles. The standard InChI is InChI=1S/C7H10F3NO2/c8-7(9,10)5-2-1-3-11(5)6(13)4-12/h5,12H,1-4H2/t5-/m0/s1. The smallest absolute Gasteiger partial charge is 0.387 e. The molecule has 0 aliphatic carbocycles. The van der Waals surface area contributed by atoms with E-state index < -0.39 is 24.7 Å². The van der Waals surface area contributed by atoms with Gasteiger partial charge in [0.1, 0.15) is 12.6 Å². The molecular weight excluding hydrogens is 187 g/mol. The molecule has 1 fully saturated rings. The Morgan fingerprint density at radius 2 is 2.15 bits per heavy atom. The lowest BCUT2D eigenvalue weighted by Gasteiger charge is -2.25. The molecule has 0 unspecified atom stereocenters. The Morgan fingerprint density at radius 3 is 2.62 bits per heavy atom. The minimum absolute atomic E-state index is 0.0603. The molecule has 0 radical (unpaired) electrons. The fourth-order valence-electron chi connectivity index (χ4n) is 1.50. The zero-order valence-electron chi connectivity index (χ0n) is 6.84. The van der Waals surface area contributed by atoms with Crippen molar-refractivity contribution in [2.75, 3.05) is 13.2 Å². The molecule has 13 heavy (non-hydrogen) atoms. The number of alkyl halides is 3. The third-order valence-electron chi connectivity index (χ3n) is 2.09. The van der Waals surface area contributed by atoms with E-state index in [-0.39, 0.29) is 13.0 Å². The maximum Gasteiger partial charge on any atom is 0.408 e. The fraction of sp³-hybridized carbons (Fsp3) is 0.857. The van der Waals surface area contributed by atoms with Gasteiger partial charge in [0.05, 0.1) is 0 Å². The predicted octanol–water partition coefficient (Wildman–Crippen LogP) is 0.532. The Hall–Kier alpha value is -0.780. The maximum absolute atomic E-state index is 12.2. The number of aliphatic hydroxyl groups excluding tert-OH is 1. The summed E-state index contributed by atoms with van der Waals surface area (Å²) < 4.78 is 36.7. The van der Waals surface area contributed by atoms with Crippen LogP contribution in [0.2, 0.25) is 0 Å². The van der Waals surface area contributed by atoms with E-state index in [9.17, 15) is 18.0 Å². The van der Waals surface area contributed by atoms with E-state index in [1.54, 1.807) is 0 Å². The van der Waals surface area contributed by atoms with Gasteiger partial charge in [-0.25, -0.2) is 0 Å². The molecule has 1 N–H and O–H groups in total. The van der Waals surface area contributed by atoms with Gasteiger partial charge in [0, 0.05) is 6.54 Å². The Balaban J connectivity index is 2.70. The molecule has 3 nitrogen and oxygen atoms in total. The molecule has 0 aromatic carbocycles. The van der Waals surface area contributed by atoms with E-state index in [1.165, 1.54) is 0 Å². The average Bonchev–Trinajstić information content (AvgIpc) is 2.49. The van der Waals surface area contributed by atoms with Gasteiger partial charge in [-0.05, 0) is 12.8 Å². The lowest BCUT2D eigenvalue weighted by atomic mass is 10.2. The number of amides is 1. The van der Waals surface area contributed by atoms with Crippen LogP contribution >= 0.6 is 0 Å². The maximum atomic E-state index is 12.2. The van der Waals surface area contributed by atoms with Crippen LogP contribution in [0.4, 0.5) is 13.2 Å². The molecular formula is C7H10F3NO2. The largest absolute Gasteiger partial charge is 0.408 e. The third kappa shape index (κ3) is 2.12. The number of carbonyl (C=O) groups excluding carboxylic acids is 1. The van der Waals surface area contributed by atoms with Crippen molar-refractivity contribution in [3.63, 3.8) is 0 Å². The minimum atomic E-state index is -4.37. The third-order valence-corrected chi connectivity index (χ3v) is 2.09. The van der Waals surface area contributed by atoms with Crippen LogP contribution < -0.4 is 0 Å². The van der Waals surface area contributed by atoms with Crippen molar-refractivity contribution in [2.45, 2.75) is 25.1 Å². The van der Waals surface area contributed by atoms with Crippen molar-refractivity contribution in [1.29, 1.82) is 0 Å². The van der Waals surface area contributed by atoms with Gasteiger partial charge in [0.25, 0.3) is 0 Å². The first-order valence-electron chi connectivity index (χ1n) is 3.94. The molecule has 0 aromatic rings. The van der Waals surface area contributed by atoms with Crippen LogP contribution in [0.15, 0.2) is 0 Å². The second kappa shape index (κ2) is 3.53. The van der Waals surface area contributed by atoms with Crippen LogP contribution in [-0.2, 0) is 4.79 Å². The summed E-state index contributed by atoms with van der Waals surface area (Å²) in [7, 11) is 0. The first-order chi connectivity index (χ1) is 5.96. The summed E-state index contributed by atoms with van der Waals surface area (Å²) in [5, 5.41) is 8.42. The van der Waals surface area contributed by atoms with Crippen LogP contribution in [-0.4, -0.2) is 41.3 Å². The Morgan fingerprint density at radius 1 is 1.54 bits per heavy atom. The summed E-state index contributed by atoms with van der Waals surface area (Å²) in [6, 6.07) is -1.70. The molecule has 6 heteroatoms. The number of hydrogen-bond donors (Lipinski definition) is 1. The molecule has 1 heterocycles. The monoisotopic (exact) mass is 197 g/mol. The molecule has 1 aliphatic rings. The highest BCUT2D eigenvalue weighted by atomic mass is 19.4. The fourth-order valence-corrected chi connectivity index (χ4v) is 1.50. The highest BCUT2D eigenvalue weighted by Gasteiger charge is 2.47. The number of likely N-dealkylation sites (tertiary alicyclic amines) is 1. The Kier molecular flexibility index (Phi) is 2.80. The molecule has 1 rings (SSSR count). The van der Waals surface area contributed by atoms with Gasteiger partial charge < -0.3 is 10.0 Å². The van der Waals surface area contributed by atoms with Gasteiger partial charge in [-0.1, -0.05) is 0 Å². The lowest BCUT2D eigenvalue weighted by Crippen LogP contribution is -2.45. The quantitative estimate of drug-likeness (QED) is 0.666. The summed E-state index contributed by atoms with van der Waals surface area (Å²) in [5.74, 6) is -0.847. The Labute approximate surface area is 73.1 Å². The van der Waals surface area contributed by atoms with Crippen LogP contribution in [0.3, 0.4) is 0 Å². The van der Waals surface area contributed by atoms with Crippen molar-refractivity contribution in [2.24, 2.45) is 0 Å². The molecule has 0 saturated carbocycles. The van der Waals surface area contributed by atoms with Crippen molar-refractivity contribution >= 4 is 5.91 Å². The van der Waals surface area contributed by atoms with Crippen LogP contribution in [0.5, 0.6) is 0 Å². The zero-order chi connectivity index (χ0) is 10.1. The van der Waals surface area contributed by atoms with Crippen molar-refractivity contribution in [3.05, 3.63) is 0 Å². The topological polar surface area (TPSA) is 40.5 Å². The number of hydrogen-bond acceptors (Lipinski definition) is 2. The first-order valence-corrected chi connectivity index (χ1v) is 3.94. The first kappa shape index (κ1) is 10.3. The predicted molar refractivity (Wildman–Crippen MR) is 37.9 cm³/mol. The summed E-state index contributed by atoms with van der Waals surface area (Å²) in [6.07, 6.45) is -4.09. The summed E-state index contributed by atoms with van der Waals surface area (Å²) in [5.41, 5.74) is 0. The lowest BCUT2D eigenvalue weighted by molar-refractivity contribution is -0.183. The van der Waals surface area contributed by atoms with E-state index in [1.807, 2.05) is 0 Å². The van der Waals surface area contributed by atoms with E-state index in [4.69, 9.17) is 5.11 Å². The second-order valence-electron chi connectivity index (χ2n) is 2.94. The SMILES string of the molecule is O=C(CO)N1CCC[C@H]1C(F)(F)F. The van der Waals surface area contributed by atoms with Gasteiger partial charge in [-0.15, -0.1) is 0 Å². The van der Waals surface area contributed by atoms with Crippen molar-refractivity contribution < 1.29 is 23.1 Å². The van der Waals surface area contributed by atoms with E-state index >= 15 is 0 Å². The van der Waals surface area contributed by atoms with Gasteiger partial charge in [-0.3, -0.25) is 4.79 Å². The molecule has 1 atom stereocenters.